The van der Waals surface area contributed by atoms with Gasteiger partial charge in [0.25, 0.3) is 0 Å². The maximum atomic E-state index is 14.2. The molecule has 2 heterocycles. The summed E-state index contributed by atoms with van der Waals surface area (Å²) in [6.07, 6.45) is 11.0. The molecule has 2 saturated heterocycles. The molecule has 2 N–H and O–H groups in total. The Balaban J connectivity index is 1.45. The Bertz CT molecular complexity index is 1380. The van der Waals surface area contributed by atoms with E-state index in [0.29, 0.717) is 12.1 Å². The number of aryl methyl sites for hydroxylation is 1. The van der Waals surface area contributed by atoms with Crippen LogP contribution in [0.3, 0.4) is 0 Å². The van der Waals surface area contributed by atoms with Crippen molar-refractivity contribution in [1.29, 1.82) is 0 Å². The normalized spacial score (nSPS) is 21.7. The Morgan fingerprint density at radius 2 is 1.67 bits per heavy atom. The van der Waals surface area contributed by atoms with Crippen molar-refractivity contribution in [1.82, 2.24) is 20.0 Å². The lowest BCUT2D eigenvalue weighted by atomic mass is 9.84. The van der Waals surface area contributed by atoms with E-state index in [-0.39, 0.29) is 60.1 Å². The van der Waals surface area contributed by atoms with Crippen LogP contribution in [0.2, 0.25) is 0 Å². The van der Waals surface area contributed by atoms with Crippen molar-refractivity contribution < 1.29 is 19.2 Å². The molecular formula is C40H63N5O4. The summed E-state index contributed by atoms with van der Waals surface area (Å²) in [5.41, 5.74) is 3.52. The molecular weight excluding hydrogens is 614 g/mol. The third-order valence-electron chi connectivity index (χ3n) is 10.9. The molecule has 1 aliphatic carbocycles. The van der Waals surface area contributed by atoms with Crippen molar-refractivity contribution >= 4 is 29.3 Å². The van der Waals surface area contributed by atoms with E-state index in [1.807, 2.05) is 64.7 Å². The Morgan fingerprint density at radius 1 is 0.959 bits per heavy atom. The highest BCUT2D eigenvalue weighted by Crippen LogP contribution is 2.30. The smallest absolute Gasteiger partial charge is 0.249 e. The van der Waals surface area contributed by atoms with E-state index in [2.05, 4.69) is 35.4 Å². The monoisotopic (exact) mass is 677 g/mol. The third-order valence-corrected chi connectivity index (χ3v) is 10.9. The summed E-state index contributed by atoms with van der Waals surface area (Å²) in [5.74, 6) is -0.378. The Kier molecular flexibility index (Phi) is 13.1. The molecule has 1 aromatic rings. The van der Waals surface area contributed by atoms with Crippen molar-refractivity contribution in [2.75, 3.05) is 25.5 Å². The lowest BCUT2D eigenvalue weighted by Gasteiger charge is -2.41. The van der Waals surface area contributed by atoms with Gasteiger partial charge in [0.2, 0.25) is 23.6 Å². The van der Waals surface area contributed by atoms with Crippen molar-refractivity contribution in [2.24, 2.45) is 11.3 Å². The van der Waals surface area contributed by atoms with Gasteiger partial charge in [-0.2, -0.15) is 0 Å². The number of hydrogen-bond donors (Lipinski definition) is 2. The van der Waals surface area contributed by atoms with Crippen molar-refractivity contribution in [3.63, 3.8) is 0 Å². The van der Waals surface area contributed by atoms with Crippen molar-refractivity contribution in [3.8, 4) is 0 Å². The Labute approximate surface area is 295 Å². The number of amides is 4. The number of carbonyl (C=O) groups excluding carboxylic acids is 4. The first-order chi connectivity index (χ1) is 23.1. The largest absolute Gasteiger partial charge is 0.342 e. The number of anilines is 1. The molecule has 0 saturated carbocycles. The van der Waals surface area contributed by atoms with E-state index in [0.717, 1.165) is 63.6 Å². The number of benzene rings is 1. The number of piperidine rings is 1. The van der Waals surface area contributed by atoms with Crippen LogP contribution < -0.4 is 10.6 Å². The fraction of sp³-hybridized carbons (Fsp3) is 0.700. The van der Waals surface area contributed by atoms with Gasteiger partial charge in [0.1, 0.15) is 6.04 Å². The summed E-state index contributed by atoms with van der Waals surface area (Å²) < 4.78 is 0. The molecule has 2 fully saturated rings. The number of likely N-dealkylation sites (tertiary alicyclic amines) is 2. The molecule has 4 atom stereocenters. The second kappa shape index (κ2) is 16.7. The molecule has 3 unspecified atom stereocenters. The summed E-state index contributed by atoms with van der Waals surface area (Å²) in [6.45, 7) is 17.6. The first kappa shape index (κ1) is 38.6. The molecule has 9 nitrogen and oxygen atoms in total. The average molecular weight is 678 g/mol. The molecule has 49 heavy (non-hydrogen) atoms. The quantitative estimate of drug-likeness (QED) is 0.276. The Morgan fingerprint density at radius 3 is 2.35 bits per heavy atom. The molecule has 9 heteroatoms. The molecule has 1 aromatic carbocycles. The molecule has 4 rings (SSSR count). The second-order valence-corrected chi connectivity index (χ2v) is 16.4. The summed E-state index contributed by atoms with van der Waals surface area (Å²) in [6, 6.07) is 4.92. The van der Waals surface area contributed by atoms with Crippen molar-refractivity contribution in [2.45, 2.75) is 150 Å². The molecule has 3 aliphatic rings. The highest BCUT2D eigenvalue weighted by molar-refractivity contribution is 5.96. The number of likely N-dealkylation sites (N-methyl/N-ethyl adjacent to an activating group) is 1. The van der Waals surface area contributed by atoms with Gasteiger partial charge in [0.15, 0.2) is 0 Å². The summed E-state index contributed by atoms with van der Waals surface area (Å²) in [7, 11) is 1.78. The molecule has 272 valence electrons. The number of nitrogens with one attached hydrogen (secondary N) is 2. The van der Waals surface area contributed by atoms with Gasteiger partial charge in [0.05, 0.1) is 12.1 Å². The number of fused-ring (bicyclic) bond motifs is 1. The highest BCUT2D eigenvalue weighted by atomic mass is 16.2. The lowest BCUT2D eigenvalue weighted by Crippen LogP contribution is -2.60. The number of hydrogen-bond acceptors (Lipinski definition) is 5. The fourth-order valence-corrected chi connectivity index (χ4v) is 8.03. The minimum atomic E-state index is -0.719. The van der Waals surface area contributed by atoms with E-state index in [1.54, 1.807) is 11.9 Å². The summed E-state index contributed by atoms with van der Waals surface area (Å²) in [4.78, 5) is 60.8. The fourth-order valence-electron chi connectivity index (χ4n) is 8.03. The minimum Gasteiger partial charge on any atom is -0.342 e. The number of carbonyl (C=O) groups is 4. The summed E-state index contributed by atoms with van der Waals surface area (Å²) >= 11 is 0. The molecule has 2 aliphatic heterocycles. The number of nitrogens with zero attached hydrogens (tertiary/aromatic N) is 3. The van der Waals surface area contributed by atoms with Gasteiger partial charge in [-0.3, -0.25) is 24.1 Å². The first-order valence-corrected chi connectivity index (χ1v) is 18.8. The van der Waals surface area contributed by atoms with Crippen LogP contribution in [0.1, 0.15) is 118 Å². The van der Waals surface area contributed by atoms with E-state index >= 15 is 0 Å². The first-order valence-electron chi connectivity index (χ1n) is 18.8. The lowest BCUT2D eigenvalue weighted by molar-refractivity contribution is -0.142. The topological polar surface area (TPSA) is 102 Å². The van der Waals surface area contributed by atoms with Gasteiger partial charge in [-0.15, -0.1) is 0 Å². The highest BCUT2D eigenvalue weighted by Gasteiger charge is 2.40. The second-order valence-electron chi connectivity index (χ2n) is 16.4. The van der Waals surface area contributed by atoms with Gasteiger partial charge in [-0.05, 0) is 107 Å². The molecule has 0 bridgehead atoms. The molecule has 4 amide bonds. The van der Waals surface area contributed by atoms with Crippen LogP contribution in [0, 0.1) is 11.3 Å². The van der Waals surface area contributed by atoms with Crippen LogP contribution in [0.5, 0.6) is 0 Å². The SMILES string of the molecule is C/C(=C\[C@H](C(C)C)N(C)C(=O)C(NC(=O)C1CCCCN1C(C)C)C(C)(C)C)C(=O)N1CCCC1CC(=O)Nc1cccc2c1CCCC2. The zero-order valence-electron chi connectivity index (χ0n) is 31.7. The van der Waals surface area contributed by atoms with Crippen LogP contribution in [-0.4, -0.2) is 88.7 Å². The van der Waals surface area contributed by atoms with Crippen LogP contribution in [0.25, 0.3) is 0 Å². The van der Waals surface area contributed by atoms with E-state index in [9.17, 15) is 19.2 Å². The van der Waals surface area contributed by atoms with Gasteiger partial charge >= 0.3 is 0 Å². The van der Waals surface area contributed by atoms with Crippen molar-refractivity contribution in [3.05, 3.63) is 41.0 Å². The Hall–Kier alpha value is -3.20. The summed E-state index contributed by atoms with van der Waals surface area (Å²) in [5, 5.41) is 6.32. The van der Waals surface area contributed by atoms with E-state index in [4.69, 9.17) is 0 Å². The van der Waals surface area contributed by atoms with E-state index < -0.39 is 11.5 Å². The van der Waals surface area contributed by atoms with Gasteiger partial charge in [-0.1, -0.05) is 59.2 Å². The molecule has 0 spiro atoms. The number of rotatable bonds is 11. The van der Waals surface area contributed by atoms with Crippen LogP contribution >= 0.6 is 0 Å². The zero-order valence-corrected chi connectivity index (χ0v) is 31.7. The standard InChI is InChI=1S/C40H63N5O4/c1-26(2)34(43(9)39(49)36(40(6,7)8)42-37(47)33-21-12-13-22-44(33)27(3)4)24-28(5)38(48)45-23-15-18-30(45)25-35(46)41-32-20-14-17-29-16-10-11-19-31(29)32/h14,17,20,24,26-27,30,33-34,36H,10-13,15-16,18-19,21-23,25H2,1-9H3,(H,41,46)(H,42,47)/b28-24+/t30?,33?,34-,36?/m1/s1. The maximum absolute atomic E-state index is 14.2. The minimum absolute atomic E-state index is 0.0275. The predicted octanol–water partition coefficient (Wildman–Crippen LogP) is 6.11. The maximum Gasteiger partial charge on any atom is 0.249 e. The third kappa shape index (κ3) is 9.53. The van der Waals surface area contributed by atoms with Gasteiger partial charge in [-0.25, -0.2) is 0 Å². The zero-order chi connectivity index (χ0) is 36.0. The van der Waals surface area contributed by atoms with E-state index in [1.165, 1.54) is 17.5 Å². The van der Waals surface area contributed by atoms with Crippen LogP contribution in [0.15, 0.2) is 29.8 Å². The average Bonchev–Trinajstić information content (AvgIpc) is 3.52. The molecule has 0 aromatic heterocycles. The van der Waals surface area contributed by atoms with Crippen LogP contribution in [0.4, 0.5) is 5.69 Å². The molecule has 0 radical (unpaired) electrons. The predicted molar refractivity (Wildman–Crippen MR) is 197 cm³/mol. The van der Waals surface area contributed by atoms with Gasteiger partial charge < -0.3 is 20.4 Å². The van der Waals surface area contributed by atoms with Crippen LogP contribution in [-0.2, 0) is 32.0 Å². The van der Waals surface area contributed by atoms with Gasteiger partial charge in [0, 0.05) is 43.4 Å².